The number of likely N-dealkylation sites (N-methyl/N-ethyl adjacent to an activating group) is 2. The summed E-state index contributed by atoms with van der Waals surface area (Å²) in [6, 6.07) is 11.2. The normalized spacial score (nSPS) is 15.1. The molecule has 0 unspecified atom stereocenters. The molecule has 3 amide bonds. The summed E-state index contributed by atoms with van der Waals surface area (Å²) in [7, 11) is 3.76. The fourth-order valence-corrected chi connectivity index (χ4v) is 6.92. The Morgan fingerprint density at radius 1 is 0.957 bits per heavy atom. The van der Waals surface area contributed by atoms with Gasteiger partial charge in [-0.05, 0) is 66.3 Å². The zero-order valence-electron chi connectivity index (χ0n) is 27.4. The summed E-state index contributed by atoms with van der Waals surface area (Å²) in [5, 5.41) is 0.987. The molecule has 1 saturated carbocycles. The number of nitrogens with one attached hydrogen (secondary N) is 1. The molecule has 1 aliphatic carbocycles. The molecule has 2 aliphatic rings. The molecule has 0 bridgehead atoms. The van der Waals surface area contributed by atoms with Crippen molar-refractivity contribution < 1.29 is 27.5 Å². The molecule has 12 heteroatoms. The first kappa shape index (κ1) is 33.2. The van der Waals surface area contributed by atoms with Crippen molar-refractivity contribution in [3.8, 4) is 17.0 Å². The highest BCUT2D eigenvalue weighted by Gasteiger charge is 2.31. The summed E-state index contributed by atoms with van der Waals surface area (Å²) in [5.41, 5.74) is 5.49. The Hall–Kier alpha value is -4.16. The zero-order valence-corrected chi connectivity index (χ0v) is 28.2. The summed E-state index contributed by atoms with van der Waals surface area (Å²) in [6.07, 6.45) is 7.41. The number of fused-ring (bicyclic) bond motifs is 5. The van der Waals surface area contributed by atoms with Crippen LogP contribution in [0, 0.1) is 0 Å². The second-order valence-electron chi connectivity index (χ2n) is 12.4. The Morgan fingerprint density at radius 2 is 1.65 bits per heavy atom. The molecular weight excluding hydrogens is 606 g/mol. The SMILES string of the molecule is COc1ccc2c(c1)C=C(C(=O)N(C)CCN(C)C(C)=O)Cn1c-2c(C2CCCCC2)c2ccc(C(=O)NS(=O)(=O)N(C)C)cc21. The van der Waals surface area contributed by atoms with E-state index in [1.807, 2.05) is 30.3 Å². The number of hydrogen-bond acceptors (Lipinski definition) is 6. The predicted molar refractivity (Wildman–Crippen MR) is 179 cm³/mol. The Kier molecular flexibility index (Phi) is 9.59. The summed E-state index contributed by atoms with van der Waals surface area (Å²) >= 11 is 0. The number of carbonyl (C=O) groups excluding carboxylic acids is 3. The smallest absolute Gasteiger partial charge is 0.303 e. The van der Waals surface area contributed by atoms with Crippen LogP contribution in [0.25, 0.3) is 28.2 Å². The van der Waals surface area contributed by atoms with Crippen LogP contribution in [0.3, 0.4) is 0 Å². The van der Waals surface area contributed by atoms with E-state index in [0.717, 1.165) is 57.7 Å². The van der Waals surface area contributed by atoms with E-state index >= 15 is 0 Å². The van der Waals surface area contributed by atoms with Crippen LogP contribution in [0.4, 0.5) is 0 Å². The molecule has 0 radical (unpaired) electrons. The van der Waals surface area contributed by atoms with E-state index in [2.05, 4.69) is 9.29 Å². The van der Waals surface area contributed by atoms with Crippen molar-refractivity contribution in [3.05, 3.63) is 58.7 Å². The third-order valence-electron chi connectivity index (χ3n) is 9.18. The summed E-state index contributed by atoms with van der Waals surface area (Å²) < 4.78 is 35.7. The molecule has 2 heterocycles. The lowest BCUT2D eigenvalue weighted by Gasteiger charge is -2.24. The van der Waals surface area contributed by atoms with Crippen LogP contribution in [0.15, 0.2) is 42.0 Å². The fraction of sp³-hybridized carbons (Fsp3) is 0.441. The van der Waals surface area contributed by atoms with Gasteiger partial charge in [-0.1, -0.05) is 25.3 Å². The molecule has 1 N–H and O–H groups in total. The van der Waals surface area contributed by atoms with Gasteiger partial charge in [-0.25, -0.2) is 4.72 Å². The summed E-state index contributed by atoms with van der Waals surface area (Å²) in [6.45, 7) is 2.48. The van der Waals surface area contributed by atoms with Gasteiger partial charge in [0, 0.05) is 75.8 Å². The topological polar surface area (TPSA) is 121 Å². The van der Waals surface area contributed by atoms with Crippen LogP contribution in [-0.4, -0.2) is 93.2 Å². The standard InChI is InChI=1S/C34H43N5O6S/c1-22(40)37(4)16-17-38(5)34(42)26-18-25-19-27(45-6)13-15-28(25)32-31(23-10-8-7-9-11-23)29-14-12-24(20-30(29)39(32)21-26)33(41)35-46(43,44)36(2)3/h12-15,18-20,23H,7-11,16-17,21H2,1-6H3,(H,35,41). The third-order valence-corrected chi connectivity index (χ3v) is 10.6. The average molecular weight is 650 g/mol. The van der Waals surface area contributed by atoms with Gasteiger partial charge in [0.25, 0.3) is 11.8 Å². The van der Waals surface area contributed by atoms with Crippen LogP contribution in [0.1, 0.15) is 66.4 Å². The van der Waals surface area contributed by atoms with Crippen molar-refractivity contribution in [3.63, 3.8) is 0 Å². The molecule has 46 heavy (non-hydrogen) atoms. The van der Waals surface area contributed by atoms with Gasteiger partial charge in [0.2, 0.25) is 5.91 Å². The Labute approximate surface area is 271 Å². The summed E-state index contributed by atoms with van der Waals surface area (Å²) in [5.74, 6) is -0.0234. The second kappa shape index (κ2) is 13.3. The van der Waals surface area contributed by atoms with Crippen molar-refractivity contribution in [1.29, 1.82) is 0 Å². The molecule has 0 saturated heterocycles. The number of hydrogen-bond donors (Lipinski definition) is 1. The first-order chi connectivity index (χ1) is 21.8. The van der Waals surface area contributed by atoms with E-state index in [9.17, 15) is 22.8 Å². The molecule has 1 aliphatic heterocycles. The molecule has 1 fully saturated rings. The second-order valence-corrected chi connectivity index (χ2v) is 14.3. The highest BCUT2D eigenvalue weighted by molar-refractivity contribution is 7.87. The summed E-state index contributed by atoms with van der Waals surface area (Å²) in [4.78, 5) is 42.2. The lowest BCUT2D eigenvalue weighted by atomic mass is 9.81. The molecule has 11 nitrogen and oxygen atoms in total. The van der Waals surface area contributed by atoms with Gasteiger partial charge < -0.3 is 19.1 Å². The fourth-order valence-electron chi connectivity index (χ4n) is 6.38. The highest BCUT2D eigenvalue weighted by Crippen LogP contribution is 2.47. The first-order valence-corrected chi connectivity index (χ1v) is 17.0. The number of rotatable bonds is 9. The average Bonchev–Trinajstić information content (AvgIpc) is 3.25. The van der Waals surface area contributed by atoms with Crippen LogP contribution in [0.5, 0.6) is 5.75 Å². The van der Waals surface area contributed by atoms with Gasteiger partial charge >= 0.3 is 10.2 Å². The maximum atomic E-state index is 14.0. The molecule has 2 aromatic carbocycles. The van der Waals surface area contributed by atoms with Crippen LogP contribution >= 0.6 is 0 Å². The quantitative estimate of drug-likeness (QED) is 0.371. The van der Waals surface area contributed by atoms with Crippen LogP contribution < -0.4 is 9.46 Å². The maximum Gasteiger partial charge on any atom is 0.303 e. The Bertz CT molecular complexity index is 1820. The lowest BCUT2D eigenvalue weighted by Crippen LogP contribution is -2.39. The maximum absolute atomic E-state index is 14.0. The van der Waals surface area contributed by atoms with E-state index in [1.165, 1.54) is 33.0 Å². The van der Waals surface area contributed by atoms with Crippen molar-refractivity contribution in [2.45, 2.75) is 51.5 Å². The zero-order chi connectivity index (χ0) is 33.3. The van der Waals surface area contributed by atoms with Gasteiger partial charge in [0.1, 0.15) is 5.75 Å². The van der Waals surface area contributed by atoms with Gasteiger partial charge in [-0.15, -0.1) is 0 Å². The minimum absolute atomic E-state index is 0.0764. The van der Waals surface area contributed by atoms with Crippen molar-refractivity contribution in [2.24, 2.45) is 0 Å². The first-order valence-electron chi connectivity index (χ1n) is 15.6. The number of methoxy groups -OCH3 is 1. The van der Waals surface area contributed by atoms with Gasteiger partial charge in [-0.2, -0.15) is 12.7 Å². The highest BCUT2D eigenvalue weighted by atomic mass is 32.2. The van der Waals surface area contributed by atoms with Gasteiger partial charge in [0.15, 0.2) is 0 Å². The number of ether oxygens (including phenoxy) is 1. The van der Waals surface area contributed by atoms with Gasteiger partial charge in [-0.3, -0.25) is 14.4 Å². The minimum atomic E-state index is -4.00. The van der Waals surface area contributed by atoms with Crippen molar-refractivity contribution in [1.82, 2.24) is 23.4 Å². The van der Waals surface area contributed by atoms with Crippen LogP contribution in [0.2, 0.25) is 0 Å². The Balaban J connectivity index is 1.69. The monoisotopic (exact) mass is 649 g/mol. The van der Waals surface area contributed by atoms with Crippen molar-refractivity contribution >= 4 is 44.9 Å². The molecule has 0 spiro atoms. The van der Waals surface area contributed by atoms with Crippen LogP contribution in [-0.2, 0) is 26.3 Å². The predicted octanol–water partition coefficient (Wildman–Crippen LogP) is 4.23. The van der Waals surface area contributed by atoms with E-state index in [0.29, 0.717) is 30.3 Å². The van der Waals surface area contributed by atoms with E-state index in [4.69, 9.17) is 4.74 Å². The lowest BCUT2D eigenvalue weighted by molar-refractivity contribution is -0.130. The van der Waals surface area contributed by atoms with E-state index in [-0.39, 0.29) is 23.9 Å². The number of amides is 3. The van der Waals surface area contributed by atoms with E-state index in [1.54, 1.807) is 43.1 Å². The molecule has 246 valence electrons. The van der Waals surface area contributed by atoms with E-state index < -0.39 is 16.1 Å². The number of aromatic nitrogens is 1. The number of benzene rings is 2. The molecule has 3 aromatic rings. The minimum Gasteiger partial charge on any atom is -0.497 e. The third kappa shape index (κ3) is 6.54. The molecule has 1 aromatic heterocycles. The molecular formula is C34H43N5O6S. The van der Waals surface area contributed by atoms with Crippen molar-refractivity contribution in [2.75, 3.05) is 48.4 Å². The molecule has 0 atom stereocenters. The largest absolute Gasteiger partial charge is 0.497 e. The Morgan fingerprint density at radius 3 is 2.30 bits per heavy atom. The van der Waals surface area contributed by atoms with Gasteiger partial charge in [0.05, 0.1) is 19.3 Å². The number of nitrogens with zero attached hydrogens (tertiary/aromatic N) is 4. The number of carbonyl (C=O) groups is 3. The molecule has 5 rings (SSSR count).